The summed E-state index contributed by atoms with van der Waals surface area (Å²) in [5.41, 5.74) is 3.09. The van der Waals surface area contributed by atoms with E-state index in [9.17, 15) is 0 Å². The quantitative estimate of drug-likeness (QED) is 0.922. The van der Waals surface area contributed by atoms with Gasteiger partial charge in [0.05, 0.1) is 21.4 Å². The molecule has 1 N–H and O–H groups in total. The van der Waals surface area contributed by atoms with Crippen molar-refractivity contribution in [2.45, 2.75) is 13.5 Å². The zero-order valence-electron chi connectivity index (χ0n) is 9.67. The predicted molar refractivity (Wildman–Crippen MR) is 71.7 cm³/mol. The molecule has 0 aliphatic rings. The number of nitrogens with zero attached hydrogens (tertiary/aromatic N) is 2. The Labute approximate surface area is 110 Å². The van der Waals surface area contributed by atoms with Gasteiger partial charge in [-0.25, -0.2) is 0 Å². The molecule has 2 aromatic rings. The molecule has 0 saturated carbocycles. The van der Waals surface area contributed by atoms with Gasteiger partial charge in [-0.15, -0.1) is 0 Å². The first-order valence-corrected chi connectivity index (χ1v) is 6.00. The Kier molecular flexibility index (Phi) is 3.60. The second-order valence-electron chi connectivity index (χ2n) is 3.90. The van der Waals surface area contributed by atoms with Gasteiger partial charge in [0, 0.05) is 19.8 Å². The summed E-state index contributed by atoms with van der Waals surface area (Å²) in [6.07, 6.45) is 1.95. The van der Waals surface area contributed by atoms with E-state index in [0.717, 1.165) is 16.9 Å². The van der Waals surface area contributed by atoms with Gasteiger partial charge >= 0.3 is 0 Å². The summed E-state index contributed by atoms with van der Waals surface area (Å²) in [6.45, 7) is 2.67. The molecule has 0 unspecified atom stereocenters. The summed E-state index contributed by atoms with van der Waals surface area (Å²) < 4.78 is 1.78. The molecule has 0 saturated heterocycles. The van der Waals surface area contributed by atoms with Crippen LogP contribution in [0.4, 0.5) is 5.69 Å². The molecular weight excluding hydrogens is 257 g/mol. The Morgan fingerprint density at radius 3 is 2.65 bits per heavy atom. The normalized spacial score (nSPS) is 10.6. The largest absolute Gasteiger partial charge is 0.378 e. The number of anilines is 1. The third-order valence-corrected chi connectivity index (χ3v) is 3.22. The van der Waals surface area contributed by atoms with Crippen LogP contribution in [0.3, 0.4) is 0 Å². The van der Waals surface area contributed by atoms with Gasteiger partial charge in [0.15, 0.2) is 0 Å². The molecule has 90 valence electrons. The number of nitrogens with one attached hydrogen (secondary N) is 1. The van der Waals surface area contributed by atoms with Crippen LogP contribution in [-0.2, 0) is 13.6 Å². The Bertz CT molecular complexity index is 535. The zero-order valence-corrected chi connectivity index (χ0v) is 11.2. The van der Waals surface area contributed by atoms with Gasteiger partial charge in [-0.2, -0.15) is 5.10 Å². The number of hydrogen-bond acceptors (Lipinski definition) is 2. The van der Waals surface area contributed by atoms with E-state index in [1.165, 1.54) is 0 Å². The van der Waals surface area contributed by atoms with E-state index < -0.39 is 0 Å². The first kappa shape index (κ1) is 12.3. The third-order valence-electron chi connectivity index (χ3n) is 2.48. The topological polar surface area (TPSA) is 29.9 Å². The molecule has 0 aliphatic carbocycles. The van der Waals surface area contributed by atoms with Crippen LogP contribution >= 0.6 is 23.2 Å². The molecule has 0 atom stereocenters. The molecule has 5 heteroatoms. The summed E-state index contributed by atoms with van der Waals surface area (Å²) in [7, 11) is 1.90. The van der Waals surface area contributed by atoms with Gasteiger partial charge in [-0.1, -0.05) is 29.3 Å². The van der Waals surface area contributed by atoms with E-state index in [0.29, 0.717) is 16.6 Å². The molecule has 0 spiro atoms. The Morgan fingerprint density at radius 2 is 2.06 bits per heavy atom. The SMILES string of the molecule is Cc1nn(C)cc1NCc1ccc(Cl)c(Cl)c1. The highest BCUT2D eigenvalue weighted by Gasteiger charge is 2.03. The van der Waals surface area contributed by atoms with Crippen molar-refractivity contribution in [1.82, 2.24) is 9.78 Å². The number of aryl methyl sites for hydroxylation is 2. The van der Waals surface area contributed by atoms with Gasteiger partial charge < -0.3 is 5.32 Å². The van der Waals surface area contributed by atoms with Crippen LogP contribution in [0, 0.1) is 6.92 Å². The van der Waals surface area contributed by atoms with Gasteiger partial charge in [-0.05, 0) is 24.6 Å². The van der Waals surface area contributed by atoms with Crippen molar-refractivity contribution in [3.05, 3.63) is 45.7 Å². The Hall–Kier alpha value is -1.19. The molecule has 1 aromatic carbocycles. The van der Waals surface area contributed by atoms with E-state index >= 15 is 0 Å². The smallest absolute Gasteiger partial charge is 0.0825 e. The molecule has 0 fully saturated rings. The number of hydrogen-bond donors (Lipinski definition) is 1. The maximum absolute atomic E-state index is 5.95. The molecule has 0 aliphatic heterocycles. The number of aromatic nitrogens is 2. The standard InChI is InChI=1S/C12H13Cl2N3/c1-8-12(7-17(2)16-8)15-6-9-3-4-10(13)11(14)5-9/h3-5,7,15H,6H2,1-2H3. The fraction of sp³-hybridized carbons (Fsp3) is 0.250. The highest BCUT2D eigenvalue weighted by Crippen LogP contribution is 2.23. The lowest BCUT2D eigenvalue weighted by Gasteiger charge is -2.06. The molecule has 17 heavy (non-hydrogen) atoms. The fourth-order valence-electron chi connectivity index (χ4n) is 1.62. The van der Waals surface area contributed by atoms with Crippen LogP contribution < -0.4 is 5.32 Å². The highest BCUT2D eigenvalue weighted by atomic mass is 35.5. The summed E-state index contributed by atoms with van der Waals surface area (Å²) in [5.74, 6) is 0. The van der Waals surface area contributed by atoms with Crippen LogP contribution in [0.5, 0.6) is 0 Å². The van der Waals surface area contributed by atoms with E-state index in [4.69, 9.17) is 23.2 Å². The van der Waals surface area contributed by atoms with Crippen molar-refractivity contribution in [1.29, 1.82) is 0 Å². The maximum atomic E-state index is 5.95. The van der Waals surface area contributed by atoms with Crippen molar-refractivity contribution in [2.24, 2.45) is 7.05 Å². The Balaban J connectivity index is 2.07. The molecule has 0 bridgehead atoms. The number of benzene rings is 1. The van der Waals surface area contributed by atoms with Crippen molar-refractivity contribution in [2.75, 3.05) is 5.32 Å². The maximum Gasteiger partial charge on any atom is 0.0825 e. The molecule has 1 heterocycles. The second kappa shape index (κ2) is 4.98. The van der Waals surface area contributed by atoms with Crippen molar-refractivity contribution < 1.29 is 0 Å². The molecule has 1 aromatic heterocycles. The summed E-state index contributed by atoms with van der Waals surface area (Å²) in [6, 6.07) is 5.62. The molecule has 3 nitrogen and oxygen atoms in total. The summed E-state index contributed by atoms with van der Waals surface area (Å²) in [4.78, 5) is 0. The van der Waals surface area contributed by atoms with Crippen LogP contribution in [0.2, 0.25) is 10.0 Å². The lowest BCUT2D eigenvalue weighted by Crippen LogP contribution is -1.99. The average molecular weight is 270 g/mol. The lowest BCUT2D eigenvalue weighted by atomic mass is 10.2. The third kappa shape index (κ3) is 2.93. The minimum Gasteiger partial charge on any atom is -0.378 e. The molecule has 0 radical (unpaired) electrons. The van der Waals surface area contributed by atoms with Gasteiger partial charge in [-0.3, -0.25) is 4.68 Å². The molecule has 0 amide bonds. The van der Waals surface area contributed by atoms with Gasteiger partial charge in [0.1, 0.15) is 0 Å². The highest BCUT2D eigenvalue weighted by molar-refractivity contribution is 6.42. The van der Waals surface area contributed by atoms with Crippen LogP contribution in [0.1, 0.15) is 11.3 Å². The predicted octanol–water partition coefficient (Wildman–Crippen LogP) is 3.65. The van der Waals surface area contributed by atoms with Crippen molar-refractivity contribution in [3.8, 4) is 0 Å². The van der Waals surface area contributed by atoms with Crippen LogP contribution in [0.25, 0.3) is 0 Å². The van der Waals surface area contributed by atoms with E-state index in [1.807, 2.05) is 32.3 Å². The Morgan fingerprint density at radius 1 is 1.29 bits per heavy atom. The van der Waals surface area contributed by atoms with Crippen molar-refractivity contribution >= 4 is 28.9 Å². The monoisotopic (exact) mass is 269 g/mol. The second-order valence-corrected chi connectivity index (χ2v) is 4.72. The van der Waals surface area contributed by atoms with Crippen LogP contribution in [-0.4, -0.2) is 9.78 Å². The van der Waals surface area contributed by atoms with Crippen molar-refractivity contribution in [3.63, 3.8) is 0 Å². The van der Waals surface area contributed by atoms with Gasteiger partial charge in [0.25, 0.3) is 0 Å². The minimum atomic E-state index is 0.577. The fourth-order valence-corrected chi connectivity index (χ4v) is 1.94. The first-order valence-electron chi connectivity index (χ1n) is 5.24. The lowest BCUT2D eigenvalue weighted by molar-refractivity contribution is 0.756. The average Bonchev–Trinajstić information content (AvgIpc) is 2.59. The van der Waals surface area contributed by atoms with E-state index in [2.05, 4.69) is 10.4 Å². The first-order chi connectivity index (χ1) is 8.06. The van der Waals surface area contributed by atoms with Crippen LogP contribution in [0.15, 0.2) is 24.4 Å². The minimum absolute atomic E-state index is 0.577. The van der Waals surface area contributed by atoms with E-state index in [-0.39, 0.29) is 0 Å². The molecular formula is C12H13Cl2N3. The number of rotatable bonds is 3. The summed E-state index contributed by atoms with van der Waals surface area (Å²) >= 11 is 11.8. The van der Waals surface area contributed by atoms with Gasteiger partial charge in [0.2, 0.25) is 0 Å². The molecule has 2 rings (SSSR count). The number of halogens is 2. The van der Waals surface area contributed by atoms with E-state index in [1.54, 1.807) is 10.7 Å². The zero-order chi connectivity index (χ0) is 12.4. The summed E-state index contributed by atoms with van der Waals surface area (Å²) in [5, 5.41) is 8.73.